The third kappa shape index (κ3) is 5.32. The van der Waals surface area contributed by atoms with Crippen molar-refractivity contribution in [2.45, 2.75) is 11.4 Å². The van der Waals surface area contributed by atoms with E-state index in [9.17, 15) is 5.11 Å². The number of para-hydroxylation sites is 1. The van der Waals surface area contributed by atoms with Crippen molar-refractivity contribution in [2.24, 2.45) is 0 Å². The summed E-state index contributed by atoms with van der Waals surface area (Å²) in [4.78, 5) is 1.11. The van der Waals surface area contributed by atoms with E-state index < -0.39 is 0 Å². The first-order valence-corrected chi connectivity index (χ1v) is 10.8. The number of phenolic OH excluding ortho intramolecular Hbond substituents is 1. The summed E-state index contributed by atoms with van der Waals surface area (Å²) in [6, 6.07) is 32.4. The van der Waals surface area contributed by atoms with Gasteiger partial charge in [0.2, 0.25) is 0 Å². The van der Waals surface area contributed by atoms with Gasteiger partial charge in [-0.1, -0.05) is 54.6 Å². The number of hydrogen-bond donors (Lipinski definition) is 3. The second kappa shape index (κ2) is 9.96. The Kier molecular flexibility index (Phi) is 6.65. The van der Waals surface area contributed by atoms with Crippen LogP contribution in [-0.2, 0) is 6.54 Å². The zero-order valence-corrected chi connectivity index (χ0v) is 18.0. The Morgan fingerprint density at radius 3 is 2.13 bits per heavy atom. The minimum atomic E-state index is 0.173. The molecule has 0 aliphatic carbocycles. The second-order valence-corrected chi connectivity index (χ2v) is 7.87. The molecule has 4 aromatic rings. The lowest BCUT2D eigenvalue weighted by molar-refractivity contribution is 0.371. The molecule has 0 heterocycles. The maximum absolute atomic E-state index is 10.2. The zero-order chi connectivity index (χ0) is 21.5. The standard InChI is InChI=1S/C26H24N2O2S/c1-30-25-9-5-8-21(26(25)29)18-27-22-14-16-24(17-15-22)31-28-23-12-10-20(11-13-23)19-6-3-2-4-7-19/h2-17,27-29H,18H2,1H3. The van der Waals surface area contributed by atoms with E-state index in [2.05, 4.69) is 70.7 Å². The van der Waals surface area contributed by atoms with Gasteiger partial charge in [0.1, 0.15) is 0 Å². The summed E-state index contributed by atoms with van der Waals surface area (Å²) in [5, 5.41) is 13.5. The van der Waals surface area contributed by atoms with E-state index in [1.54, 1.807) is 25.1 Å². The van der Waals surface area contributed by atoms with Crippen LogP contribution in [0, 0.1) is 0 Å². The van der Waals surface area contributed by atoms with Crippen LogP contribution < -0.4 is 14.8 Å². The van der Waals surface area contributed by atoms with Crippen molar-refractivity contribution in [2.75, 3.05) is 17.1 Å². The Bertz CT molecular complexity index is 1110. The molecular formula is C26H24N2O2S. The number of aromatic hydroxyl groups is 1. The minimum Gasteiger partial charge on any atom is -0.504 e. The topological polar surface area (TPSA) is 53.5 Å². The molecule has 156 valence electrons. The third-order valence-electron chi connectivity index (χ3n) is 4.92. The van der Waals surface area contributed by atoms with Crippen LogP contribution >= 0.6 is 11.9 Å². The highest BCUT2D eigenvalue weighted by Gasteiger charge is 2.07. The monoisotopic (exact) mass is 428 g/mol. The van der Waals surface area contributed by atoms with E-state index in [-0.39, 0.29) is 5.75 Å². The van der Waals surface area contributed by atoms with Gasteiger partial charge < -0.3 is 19.9 Å². The number of anilines is 2. The summed E-state index contributed by atoms with van der Waals surface area (Å²) in [5.41, 5.74) is 5.25. The molecule has 0 aliphatic rings. The van der Waals surface area contributed by atoms with Crippen molar-refractivity contribution >= 4 is 23.3 Å². The summed E-state index contributed by atoms with van der Waals surface area (Å²) < 4.78 is 8.54. The molecule has 0 radical (unpaired) electrons. The van der Waals surface area contributed by atoms with Gasteiger partial charge in [-0.3, -0.25) is 0 Å². The lowest BCUT2D eigenvalue weighted by Gasteiger charge is -2.11. The molecule has 0 aliphatic heterocycles. The Hall–Kier alpha value is -3.57. The molecule has 31 heavy (non-hydrogen) atoms. The molecule has 4 aromatic carbocycles. The van der Waals surface area contributed by atoms with Crippen molar-refractivity contribution < 1.29 is 9.84 Å². The summed E-state index contributed by atoms with van der Waals surface area (Å²) in [7, 11) is 1.55. The van der Waals surface area contributed by atoms with Crippen LogP contribution in [0.3, 0.4) is 0 Å². The molecule has 0 atom stereocenters. The van der Waals surface area contributed by atoms with Crippen LogP contribution in [-0.4, -0.2) is 12.2 Å². The van der Waals surface area contributed by atoms with Crippen molar-refractivity contribution in [3.8, 4) is 22.6 Å². The molecule has 0 unspecified atom stereocenters. The van der Waals surface area contributed by atoms with Gasteiger partial charge in [-0.05, 0) is 65.5 Å². The predicted molar refractivity (Wildman–Crippen MR) is 130 cm³/mol. The number of rotatable bonds is 8. The van der Waals surface area contributed by atoms with Crippen LogP contribution in [0.2, 0.25) is 0 Å². The lowest BCUT2D eigenvalue weighted by atomic mass is 10.1. The zero-order valence-electron chi connectivity index (χ0n) is 17.2. The maximum Gasteiger partial charge on any atom is 0.162 e. The highest BCUT2D eigenvalue weighted by atomic mass is 32.2. The molecule has 5 heteroatoms. The van der Waals surface area contributed by atoms with E-state index in [1.807, 2.05) is 30.3 Å². The van der Waals surface area contributed by atoms with Crippen molar-refractivity contribution in [3.63, 3.8) is 0 Å². The van der Waals surface area contributed by atoms with Crippen molar-refractivity contribution in [3.05, 3.63) is 103 Å². The van der Waals surface area contributed by atoms with Crippen LogP contribution in [0.4, 0.5) is 11.4 Å². The molecule has 4 nitrogen and oxygen atoms in total. The first-order chi connectivity index (χ1) is 15.2. The lowest BCUT2D eigenvalue weighted by Crippen LogP contribution is -2.00. The summed E-state index contributed by atoms with van der Waals surface area (Å²) in [5.74, 6) is 0.654. The number of phenols is 1. The number of ether oxygens (including phenoxy) is 1. The molecule has 0 saturated heterocycles. The minimum absolute atomic E-state index is 0.173. The molecule has 0 amide bonds. The van der Waals surface area contributed by atoms with Crippen LogP contribution in [0.1, 0.15) is 5.56 Å². The Labute approximate surface area is 187 Å². The first-order valence-electron chi connectivity index (χ1n) is 10.00. The molecule has 0 spiro atoms. The van der Waals surface area contributed by atoms with Crippen LogP contribution in [0.15, 0.2) is 102 Å². The van der Waals surface area contributed by atoms with E-state index in [4.69, 9.17) is 4.74 Å². The average Bonchev–Trinajstić information content (AvgIpc) is 2.84. The smallest absolute Gasteiger partial charge is 0.162 e. The van der Waals surface area contributed by atoms with Crippen molar-refractivity contribution in [1.82, 2.24) is 0 Å². The average molecular weight is 429 g/mol. The molecule has 3 N–H and O–H groups in total. The summed E-state index contributed by atoms with van der Waals surface area (Å²) in [6.45, 7) is 0.515. The second-order valence-electron chi connectivity index (χ2n) is 6.99. The number of hydrogen-bond acceptors (Lipinski definition) is 5. The first kappa shape index (κ1) is 20.7. The molecule has 0 aromatic heterocycles. The molecule has 0 saturated carbocycles. The van der Waals surface area contributed by atoms with Crippen molar-refractivity contribution in [1.29, 1.82) is 0 Å². The number of benzene rings is 4. The highest BCUT2D eigenvalue weighted by Crippen LogP contribution is 2.30. The van der Waals surface area contributed by atoms with Gasteiger partial charge in [-0.15, -0.1) is 0 Å². The van der Waals surface area contributed by atoms with Gasteiger partial charge in [0, 0.05) is 28.4 Å². The molecular weight excluding hydrogens is 404 g/mol. The number of nitrogens with one attached hydrogen (secondary N) is 2. The van der Waals surface area contributed by atoms with Gasteiger partial charge in [0.15, 0.2) is 11.5 Å². The highest BCUT2D eigenvalue weighted by molar-refractivity contribution is 8.00. The van der Waals surface area contributed by atoms with Gasteiger partial charge in [0.25, 0.3) is 0 Å². The van der Waals surface area contributed by atoms with Gasteiger partial charge in [-0.2, -0.15) is 0 Å². The Morgan fingerprint density at radius 2 is 1.42 bits per heavy atom. The van der Waals surface area contributed by atoms with E-state index in [1.165, 1.54) is 11.1 Å². The number of methoxy groups -OCH3 is 1. The summed E-state index contributed by atoms with van der Waals surface area (Å²) >= 11 is 1.57. The van der Waals surface area contributed by atoms with E-state index in [0.29, 0.717) is 12.3 Å². The van der Waals surface area contributed by atoms with E-state index >= 15 is 0 Å². The fourth-order valence-electron chi connectivity index (χ4n) is 3.19. The Balaban J connectivity index is 1.31. The normalized spacial score (nSPS) is 10.5. The molecule has 4 rings (SSSR count). The molecule has 0 bridgehead atoms. The SMILES string of the molecule is COc1cccc(CNc2ccc(SNc3ccc(-c4ccccc4)cc3)cc2)c1O. The van der Waals surface area contributed by atoms with Gasteiger partial charge >= 0.3 is 0 Å². The van der Waals surface area contributed by atoms with Gasteiger partial charge in [-0.25, -0.2) is 0 Å². The summed E-state index contributed by atoms with van der Waals surface area (Å²) in [6.07, 6.45) is 0. The third-order valence-corrected chi connectivity index (χ3v) is 5.76. The fourth-order valence-corrected chi connectivity index (χ4v) is 3.84. The van der Waals surface area contributed by atoms with Gasteiger partial charge in [0.05, 0.1) is 7.11 Å². The van der Waals surface area contributed by atoms with Crippen LogP contribution in [0.25, 0.3) is 11.1 Å². The van der Waals surface area contributed by atoms with Crippen LogP contribution in [0.5, 0.6) is 11.5 Å². The largest absolute Gasteiger partial charge is 0.504 e. The van der Waals surface area contributed by atoms with E-state index in [0.717, 1.165) is 21.8 Å². The fraction of sp³-hybridized carbons (Fsp3) is 0.0769. The quantitative estimate of drug-likeness (QED) is 0.270. The molecule has 0 fully saturated rings. The predicted octanol–water partition coefficient (Wildman–Crippen LogP) is 6.80. The Morgan fingerprint density at radius 1 is 0.742 bits per heavy atom. The maximum atomic E-state index is 10.2.